The van der Waals surface area contributed by atoms with Crippen LogP contribution in [-0.4, -0.2) is 31.4 Å². The summed E-state index contributed by atoms with van der Waals surface area (Å²) in [6.45, 7) is -0.278. The number of nitrogens with one attached hydrogen (secondary N) is 1. The number of benzene rings is 3. The topological polar surface area (TPSA) is 66.5 Å². The maximum Gasteiger partial charge on any atom is 0.243 e. The maximum atomic E-state index is 13.3. The molecule has 0 saturated carbocycles. The third-order valence-electron chi connectivity index (χ3n) is 4.42. The number of nitrogens with zero attached hydrogens (tertiary/aromatic N) is 1. The number of carbonyl (C=O) groups is 1. The van der Waals surface area contributed by atoms with Gasteiger partial charge in [0.2, 0.25) is 15.9 Å². The van der Waals surface area contributed by atoms with Crippen LogP contribution in [0.1, 0.15) is 5.56 Å². The number of thioether (sulfide) groups is 1. The monoisotopic (exact) mass is 538 g/mol. The number of hydrogen-bond donors (Lipinski definition) is 1. The van der Waals surface area contributed by atoms with Gasteiger partial charge in [-0.2, -0.15) is 4.31 Å². The highest BCUT2D eigenvalue weighted by Crippen LogP contribution is 2.25. The molecule has 3 aromatic carbocycles. The standard InChI is InChI=1S/C22H20BrClN2O3S2/c1-30-21-5-3-2-4-20(21)25-22(27)15-26(14-16-6-8-17(23)9-7-16)31(28,29)19-12-10-18(24)11-13-19/h2-13H,14-15H2,1H3,(H,25,27). The first kappa shape index (κ1) is 23.8. The van der Waals surface area contributed by atoms with Gasteiger partial charge in [0, 0.05) is 20.9 Å². The zero-order valence-electron chi connectivity index (χ0n) is 16.6. The summed E-state index contributed by atoms with van der Waals surface area (Å²) in [6, 6.07) is 20.6. The first-order valence-corrected chi connectivity index (χ1v) is 13.1. The number of carbonyl (C=O) groups excluding carboxylic acids is 1. The van der Waals surface area contributed by atoms with E-state index in [0.717, 1.165) is 19.2 Å². The summed E-state index contributed by atoms with van der Waals surface area (Å²) >= 11 is 10.8. The Morgan fingerprint density at radius 2 is 1.68 bits per heavy atom. The fourth-order valence-electron chi connectivity index (χ4n) is 2.87. The van der Waals surface area contributed by atoms with Crippen LogP contribution in [0.5, 0.6) is 0 Å². The van der Waals surface area contributed by atoms with Crippen molar-refractivity contribution in [3.63, 3.8) is 0 Å². The Hall–Kier alpha value is -1.84. The van der Waals surface area contributed by atoms with E-state index >= 15 is 0 Å². The van der Waals surface area contributed by atoms with Gasteiger partial charge in [-0.05, 0) is 60.4 Å². The Morgan fingerprint density at radius 1 is 1.03 bits per heavy atom. The van der Waals surface area contributed by atoms with E-state index in [1.165, 1.54) is 36.0 Å². The van der Waals surface area contributed by atoms with Crippen molar-refractivity contribution >= 4 is 60.9 Å². The number of amides is 1. The molecule has 0 aliphatic heterocycles. The lowest BCUT2D eigenvalue weighted by Gasteiger charge is -2.22. The van der Waals surface area contributed by atoms with Crippen LogP contribution in [0, 0.1) is 0 Å². The summed E-state index contributed by atoms with van der Waals surface area (Å²) in [5, 5.41) is 3.26. The molecule has 0 fully saturated rings. The van der Waals surface area contributed by atoms with Crippen molar-refractivity contribution < 1.29 is 13.2 Å². The minimum Gasteiger partial charge on any atom is -0.324 e. The highest BCUT2D eigenvalue weighted by Gasteiger charge is 2.27. The molecule has 5 nitrogen and oxygen atoms in total. The van der Waals surface area contributed by atoms with Crippen LogP contribution in [0.2, 0.25) is 5.02 Å². The quantitative estimate of drug-likeness (QED) is 0.376. The Bertz CT molecular complexity index is 1150. The normalized spacial score (nSPS) is 11.5. The van der Waals surface area contributed by atoms with E-state index in [1.807, 2.05) is 48.7 Å². The largest absolute Gasteiger partial charge is 0.324 e. The van der Waals surface area contributed by atoms with Gasteiger partial charge in [0.05, 0.1) is 17.1 Å². The Kier molecular flexibility index (Phi) is 8.18. The lowest BCUT2D eigenvalue weighted by atomic mass is 10.2. The molecule has 0 spiro atoms. The van der Waals surface area contributed by atoms with Crippen LogP contribution >= 0.6 is 39.3 Å². The number of para-hydroxylation sites is 1. The van der Waals surface area contributed by atoms with Gasteiger partial charge in [0.1, 0.15) is 0 Å². The molecule has 162 valence electrons. The minimum atomic E-state index is -3.93. The van der Waals surface area contributed by atoms with E-state index in [4.69, 9.17) is 11.6 Å². The third-order valence-corrected chi connectivity index (χ3v) is 7.81. The highest BCUT2D eigenvalue weighted by molar-refractivity contribution is 9.10. The fraction of sp³-hybridized carbons (Fsp3) is 0.136. The summed E-state index contributed by atoms with van der Waals surface area (Å²) in [7, 11) is -3.93. The van der Waals surface area contributed by atoms with Gasteiger partial charge in [-0.3, -0.25) is 4.79 Å². The smallest absolute Gasteiger partial charge is 0.243 e. The average molecular weight is 540 g/mol. The number of rotatable bonds is 8. The molecule has 31 heavy (non-hydrogen) atoms. The number of sulfonamides is 1. The van der Waals surface area contributed by atoms with Crippen molar-refractivity contribution in [3.05, 3.63) is 87.9 Å². The lowest BCUT2D eigenvalue weighted by Crippen LogP contribution is -2.37. The van der Waals surface area contributed by atoms with Gasteiger partial charge in [0.25, 0.3) is 0 Å². The second-order valence-electron chi connectivity index (χ2n) is 6.60. The second-order valence-corrected chi connectivity index (χ2v) is 10.7. The molecular weight excluding hydrogens is 520 g/mol. The van der Waals surface area contributed by atoms with E-state index in [2.05, 4.69) is 21.2 Å². The summed E-state index contributed by atoms with van der Waals surface area (Å²) in [6.07, 6.45) is 1.91. The molecule has 0 heterocycles. The van der Waals surface area contributed by atoms with Gasteiger partial charge in [-0.25, -0.2) is 8.42 Å². The second kappa shape index (κ2) is 10.7. The minimum absolute atomic E-state index is 0.0514. The Morgan fingerprint density at radius 3 is 2.32 bits per heavy atom. The molecule has 1 amide bonds. The molecule has 0 saturated heterocycles. The van der Waals surface area contributed by atoms with E-state index < -0.39 is 15.9 Å². The number of hydrogen-bond acceptors (Lipinski definition) is 4. The van der Waals surface area contributed by atoms with Crippen LogP contribution in [0.4, 0.5) is 5.69 Å². The van der Waals surface area contributed by atoms with Crippen LogP contribution in [-0.2, 0) is 21.4 Å². The summed E-state index contributed by atoms with van der Waals surface area (Å²) in [4.78, 5) is 13.8. The molecule has 3 rings (SSSR count). The predicted octanol–water partition coefficient (Wildman–Crippen LogP) is 5.65. The molecule has 0 bridgehead atoms. The molecule has 0 unspecified atom stereocenters. The molecule has 0 aromatic heterocycles. The molecule has 0 radical (unpaired) electrons. The highest BCUT2D eigenvalue weighted by atomic mass is 79.9. The summed E-state index contributed by atoms with van der Waals surface area (Å²) in [5.41, 5.74) is 1.41. The summed E-state index contributed by atoms with van der Waals surface area (Å²) in [5.74, 6) is -0.420. The number of anilines is 1. The molecule has 3 aromatic rings. The van der Waals surface area contributed by atoms with E-state index in [1.54, 1.807) is 6.07 Å². The van der Waals surface area contributed by atoms with Crippen molar-refractivity contribution in [1.82, 2.24) is 4.31 Å². The van der Waals surface area contributed by atoms with Crippen molar-refractivity contribution in [2.24, 2.45) is 0 Å². The molecular formula is C22H20BrClN2O3S2. The van der Waals surface area contributed by atoms with Gasteiger partial charge in [0.15, 0.2) is 0 Å². The van der Waals surface area contributed by atoms with Crippen molar-refractivity contribution in [1.29, 1.82) is 0 Å². The lowest BCUT2D eigenvalue weighted by molar-refractivity contribution is -0.116. The SMILES string of the molecule is CSc1ccccc1NC(=O)CN(Cc1ccc(Br)cc1)S(=O)(=O)c1ccc(Cl)cc1. The Balaban J connectivity index is 1.88. The van der Waals surface area contributed by atoms with Crippen LogP contribution in [0.3, 0.4) is 0 Å². The maximum absolute atomic E-state index is 13.3. The van der Waals surface area contributed by atoms with E-state index in [0.29, 0.717) is 10.7 Å². The van der Waals surface area contributed by atoms with Crippen molar-refractivity contribution in [3.8, 4) is 0 Å². The molecule has 0 aliphatic carbocycles. The van der Waals surface area contributed by atoms with Crippen LogP contribution in [0.15, 0.2) is 87.1 Å². The molecule has 0 aliphatic rings. The number of halogens is 2. The van der Waals surface area contributed by atoms with Crippen molar-refractivity contribution in [2.75, 3.05) is 18.1 Å². The van der Waals surface area contributed by atoms with E-state index in [9.17, 15) is 13.2 Å². The van der Waals surface area contributed by atoms with Gasteiger partial charge in [-0.1, -0.05) is 51.8 Å². The fourth-order valence-corrected chi connectivity index (χ4v) is 5.20. The predicted molar refractivity (Wildman–Crippen MR) is 130 cm³/mol. The molecule has 1 N–H and O–H groups in total. The van der Waals surface area contributed by atoms with Crippen LogP contribution < -0.4 is 5.32 Å². The van der Waals surface area contributed by atoms with Gasteiger partial charge in [-0.15, -0.1) is 11.8 Å². The first-order chi connectivity index (χ1) is 14.8. The third kappa shape index (κ3) is 6.33. The zero-order valence-corrected chi connectivity index (χ0v) is 20.6. The zero-order chi connectivity index (χ0) is 22.4. The average Bonchev–Trinajstić information content (AvgIpc) is 2.75. The molecule has 0 atom stereocenters. The van der Waals surface area contributed by atoms with Gasteiger partial charge < -0.3 is 5.32 Å². The van der Waals surface area contributed by atoms with Gasteiger partial charge >= 0.3 is 0 Å². The molecule has 9 heteroatoms. The summed E-state index contributed by atoms with van der Waals surface area (Å²) < 4.78 is 28.7. The first-order valence-electron chi connectivity index (χ1n) is 9.22. The van der Waals surface area contributed by atoms with Crippen molar-refractivity contribution in [2.45, 2.75) is 16.3 Å². The van der Waals surface area contributed by atoms with Crippen LogP contribution in [0.25, 0.3) is 0 Å². The van der Waals surface area contributed by atoms with E-state index in [-0.39, 0.29) is 18.0 Å². The Labute approximate surface area is 200 Å².